The fourth-order valence-corrected chi connectivity index (χ4v) is 2.49. The molecule has 104 valence electrons. The highest BCUT2D eigenvalue weighted by molar-refractivity contribution is 6.08. The Kier molecular flexibility index (Phi) is 2.75. The number of nitrogens with zero attached hydrogens (tertiary/aromatic N) is 1. The minimum atomic E-state index is -0.701. The van der Waals surface area contributed by atoms with Gasteiger partial charge in [0.2, 0.25) is 0 Å². The molecule has 0 fully saturated rings. The quantitative estimate of drug-likeness (QED) is 0.789. The van der Waals surface area contributed by atoms with E-state index >= 15 is 0 Å². The van der Waals surface area contributed by atoms with Crippen LogP contribution in [-0.4, -0.2) is 31.2 Å². The van der Waals surface area contributed by atoms with Crippen LogP contribution in [0.15, 0.2) is 12.1 Å². The summed E-state index contributed by atoms with van der Waals surface area (Å²) in [6.45, 7) is 4.93. The summed E-state index contributed by atoms with van der Waals surface area (Å²) in [5, 5.41) is 3.23. The summed E-state index contributed by atoms with van der Waals surface area (Å²) in [6, 6.07) is 3.67. The van der Waals surface area contributed by atoms with E-state index in [0.717, 1.165) is 11.4 Å². The summed E-state index contributed by atoms with van der Waals surface area (Å²) in [7, 11) is 0. The van der Waals surface area contributed by atoms with Gasteiger partial charge in [0, 0.05) is 12.1 Å². The van der Waals surface area contributed by atoms with E-state index in [9.17, 15) is 4.79 Å². The molecule has 1 amide bonds. The second-order valence-corrected chi connectivity index (χ2v) is 5.36. The molecule has 2 aliphatic rings. The lowest BCUT2D eigenvalue weighted by Crippen LogP contribution is -2.54. The first-order valence-corrected chi connectivity index (χ1v) is 6.50. The van der Waals surface area contributed by atoms with Crippen molar-refractivity contribution in [1.29, 1.82) is 0 Å². The molecule has 0 saturated heterocycles. The summed E-state index contributed by atoms with van der Waals surface area (Å²) >= 11 is 0. The highest BCUT2D eigenvalue weighted by Crippen LogP contribution is 2.43. The molecule has 0 saturated carbocycles. The molecule has 0 radical (unpaired) electrons. The number of hydrogen-bond acceptors (Lipinski definition) is 4. The molecule has 0 unspecified atom stereocenters. The Bertz CT molecular complexity index is 616. The van der Waals surface area contributed by atoms with E-state index < -0.39 is 5.54 Å². The number of rotatable bonds is 1. The number of carbonyl (C=O) groups excluding carboxylic acids is 1. The Labute approximate surface area is 117 Å². The minimum Gasteiger partial charge on any atom is -0.486 e. The summed E-state index contributed by atoms with van der Waals surface area (Å²) < 4.78 is 11.1. The van der Waals surface area contributed by atoms with E-state index in [1.165, 1.54) is 0 Å². The Morgan fingerprint density at radius 3 is 2.65 bits per heavy atom. The van der Waals surface area contributed by atoms with Gasteiger partial charge in [-0.05, 0) is 13.8 Å². The van der Waals surface area contributed by atoms with Gasteiger partial charge in [-0.2, -0.15) is 0 Å². The van der Waals surface area contributed by atoms with Crippen LogP contribution in [0.25, 0.3) is 0 Å². The Hall–Kier alpha value is -2.35. The predicted octanol–water partition coefficient (Wildman–Crippen LogP) is 1.63. The first-order chi connectivity index (χ1) is 9.53. The molecule has 0 aromatic heterocycles. The molecule has 20 heavy (non-hydrogen) atoms. The lowest BCUT2D eigenvalue weighted by Gasteiger charge is -2.39. The van der Waals surface area contributed by atoms with E-state index in [4.69, 9.17) is 15.9 Å². The van der Waals surface area contributed by atoms with Gasteiger partial charge < -0.3 is 14.8 Å². The molecule has 2 heterocycles. The lowest BCUT2D eigenvalue weighted by molar-refractivity contribution is -0.122. The molecule has 5 heteroatoms. The molecule has 0 spiro atoms. The van der Waals surface area contributed by atoms with Crippen LogP contribution in [0.2, 0.25) is 0 Å². The normalized spacial score (nSPS) is 18.9. The smallest absolute Gasteiger partial charge is 0.252 e. The second-order valence-electron chi connectivity index (χ2n) is 5.36. The maximum atomic E-state index is 12.5. The number of nitrogens with one attached hydrogen (secondary N) is 1. The van der Waals surface area contributed by atoms with Gasteiger partial charge in [-0.3, -0.25) is 9.69 Å². The van der Waals surface area contributed by atoms with E-state index in [2.05, 4.69) is 11.2 Å². The van der Waals surface area contributed by atoms with Crippen molar-refractivity contribution in [3.8, 4) is 23.8 Å². The van der Waals surface area contributed by atoms with Gasteiger partial charge in [0.05, 0.1) is 17.9 Å². The average molecular weight is 272 g/mol. The molecule has 0 atom stereocenters. The van der Waals surface area contributed by atoms with E-state index in [1.54, 1.807) is 11.0 Å². The number of fused-ring (bicyclic) bond motifs is 2. The zero-order valence-electron chi connectivity index (χ0n) is 11.5. The van der Waals surface area contributed by atoms with Crippen LogP contribution in [0.3, 0.4) is 0 Å². The van der Waals surface area contributed by atoms with Crippen molar-refractivity contribution in [2.75, 3.05) is 30.0 Å². The summed E-state index contributed by atoms with van der Waals surface area (Å²) in [5.74, 6) is 3.81. The van der Waals surface area contributed by atoms with Crippen molar-refractivity contribution >= 4 is 17.3 Å². The maximum absolute atomic E-state index is 12.5. The van der Waals surface area contributed by atoms with E-state index in [0.29, 0.717) is 24.7 Å². The average Bonchev–Trinajstić information content (AvgIpc) is 2.42. The van der Waals surface area contributed by atoms with Gasteiger partial charge in [0.25, 0.3) is 5.91 Å². The first kappa shape index (κ1) is 12.7. The number of carbonyl (C=O) groups is 1. The van der Waals surface area contributed by atoms with Crippen molar-refractivity contribution in [1.82, 2.24) is 0 Å². The zero-order chi connectivity index (χ0) is 14.3. The molecule has 1 aromatic carbocycles. The topological polar surface area (TPSA) is 50.8 Å². The molecule has 5 nitrogen and oxygen atoms in total. The minimum absolute atomic E-state index is 0.0559. The van der Waals surface area contributed by atoms with Crippen LogP contribution in [0.5, 0.6) is 11.5 Å². The lowest BCUT2D eigenvalue weighted by atomic mass is 9.97. The van der Waals surface area contributed by atoms with Gasteiger partial charge in [0.15, 0.2) is 11.5 Å². The fourth-order valence-electron chi connectivity index (χ4n) is 2.49. The standard InChI is InChI=1S/C15H16N2O3/c1-4-5-17-11-9-13-12(19-6-7-20-13)8-10(11)16-15(2,3)14(17)18/h1,8-9,16H,5-7H2,2-3H3. The van der Waals surface area contributed by atoms with Gasteiger partial charge in [-0.15, -0.1) is 6.42 Å². The zero-order valence-corrected chi connectivity index (χ0v) is 11.5. The van der Waals surface area contributed by atoms with Gasteiger partial charge in [-0.1, -0.05) is 5.92 Å². The number of ether oxygens (including phenoxy) is 2. The SMILES string of the molecule is C#CCN1C(=O)C(C)(C)Nc2cc3c(cc21)OCCO3. The number of benzene rings is 1. The van der Waals surface area contributed by atoms with Crippen LogP contribution in [0, 0.1) is 12.3 Å². The molecule has 2 aliphatic heterocycles. The van der Waals surface area contributed by atoms with Crippen LogP contribution in [0.4, 0.5) is 11.4 Å². The fraction of sp³-hybridized carbons (Fsp3) is 0.400. The van der Waals surface area contributed by atoms with Gasteiger partial charge in [-0.25, -0.2) is 0 Å². The van der Waals surface area contributed by atoms with Crippen molar-refractivity contribution in [2.24, 2.45) is 0 Å². The third-order valence-corrected chi connectivity index (χ3v) is 3.43. The van der Waals surface area contributed by atoms with Crippen molar-refractivity contribution in [3.05, 3.63) is 12.1 Å². The summed E-state index contributed by atoms with van der Waals surface area (Å²) in [4.78, 5) is 14.1. The predicted molar refractivity (Wildman–Crippen MR) is 76.3 cm³/mol. The van der Waals surface area contributed by atoms with Crippen LogP contribution < -0.4 is 19.7 Å². The third-order valence-electron chi connectivity index (χ3n) is 3.43. The molecule has 0 bridgehead atoms. The molecule has 0 aliphatic carbocycles. The highest BCUT2D eigenvalue weighted by Gasteiger charge is 2.39. The largest absolute Gasteiger partial charge is 0.486 e. The van der Waals surface area contributed by atoms with Crippen molar-refractivity contribution in [2.45, 2.75) is 19.4 Å². The van der Waals surface area contributed by atoms with E-state index in [-0.39, 0.29) is 12.5 Å². The second kappa shape index (κ2) is 4.34. The Morgan fingerprint density at radius 2 is 2.00 bits per heavy atom. The van der Waals surface area contributed by atoms with E-state index in [1.807, 2.05) is 19.9 Å². The molecular formula is C15H16N2O3. The summed E-state index contributed by atoms with van der Waals surface area (Å²) in [5.41, 5.74) is 0.860. The Balaban J connectivity index is 2.12. The maximum Gasteiger partial charge on any atom is 0.252 e. The molecule has 1 N–H and O–H groups in total. The van der Waals surface area contributed by atoms with Gasteiger partial charge in [0.1, 0.15) is 18.8 Å². The first-order valence-electron chi connectivity index (χ1n) is 6.50. The number of terminal acetylenes is 1. The van der Waals surface area contributed by atoms with Crippen molar-refractivity contribution in [3.63, 3.8) is 0 Å². The molecular weight excluding hydrogens is 256 g/mol. The van der Waals surface area contributed by atoms with Crippen LogP contribution >= 0.6 is 0 Å². The van der Waals surface area contributed by atoms with Gasteiger partial charge >= 0.3 is 0 Å². The van der Waals surface area contributed by atoms with Crippen LogP contribution in [-0.2, 0) is 4.79 Å². The highest BCUT2D eigenvalue weighted by atomic mass is 16.6. The third kappa shape index (κ3) is 1.85. The number of anilines is 2. The number of amides is 1. The van der Waals surface area contributed by atoms with Crippen molar-refractivity contribution < 1.29 is 14.3 Å². The summed E-state index contributed by atoms with van der Waals surface area (Å²) in [6.07, 6.45) is 5.38. The monoisotopic (exact) mass is 272 g/mol. The number of hydrogen-bond donors (Lipinski definition) is 1. The van der Waals surface area contributed by atoms with Crippen LogP contribution in [0.1, 0.15) is 13.8 Å². The molecule has 3 rings (SSSR count). The Morgan fingerprint density at radius 1 is 1.35 bits per heavy atom. The molecule has 1 aromatic rings.